The van der Waals surface area contributed by atoms with E-state index in [1.165, 1.54) is 12.7 Å². The lowest BCUT2D eigenvalue weighted by atomic mass is 10.0. The first-order valence-electron chi connectivity index (χ1n) is 6.46. The zero-order valence-corrected chi connectivity index (χ0v) is 12.4. The number of esters is 1. The summed E-state index contributed by atoms with van der Waals surface area (Å²) in [6.07, 6.45) is 1.16. The van der Waals surface area contributed by atoms with Crippen molar-refractivity contribution >= 4 is 11.7 Å². The smallest absolute Gasteiger partial charge is 0.305 e. The minimum absolute atomic E-state index is 0.175. The van der Waals surface area contributed by atoms with Crippen LogP contribution in [0.4, 0.5) is 5.69 Å². The highest BCUT2D eigenvalue weighted by atomic mass is 16.5. The van der Waals surface area contributed by atoms with Crippen molar-refractivity contribution in [2.75, 3.05) is 26.1 Å². The third-order valence-electron chi connectivity index (χ3n) is 3.28. The number of rotatable bonds is 6. The summed E-state index contributed by atoms with van der Waals surface area (Å²) in [6, 6.07) is 2.14. The Labute approximate surface area is 115 Å². The van der Waals surface area contributed by atoms with Gasteiger partial charge in [0.25, 0.3) is 0 Å². The molecule has 0 spiro atoms. The van der Waals surface area contributed by atoms with E-state index in [0.717, 1.165) is 35.5 Å². The van der Waals surface area contributed by atoms with E-state index >= 15 is 0 Å². The molecule has 0 heterocycles. The standard InChI is InChI=1S/C15H23NO3/c1-10-9-11(2)14(15(19-5)12(10)3)16-8-6-7-13(17)18-4/h9,16H,6-8H2,1-5H3. The molecule has 0 saturated carbocycles. The molecule has 0 aliphatic carbocycles. The number of carbonyl (C=O) groups is 1. The Hall–Kier alpha value is -1.71. The molecule has 1 rings (SSSR count). The van der Waals surface area contributed by atoms with E-state index in [0.29, 0.717) is 6.42 Å². The summed E-state index contributed by atoms with van der Waals surface area (Å²) in [6.45, 7) is 6.89. The van der Waals surface area contributed by atoms with E-state index in [9.17, 15) is 4.79 Å². The maximum atomic E-state index is 11.0. The predicted molar refractivity (Wildman–Crippen MR) is 76.9 cm³/mol. The van der Waals surface area contributed by atoms with Gasteiger partial charge in [0.05, 0.1) is 19.9 Å². The van der Waals surface area contributed by atoms with Crippen molar-refractivity contribution < 1.29 is 14.3 Å². The second-order valence-electron chi connectivity index (χ2n) is 4.65. The van der Waals surface area contributed by atoms with Crippen LogP contribution in [0.5, 0.6) is 5.75 Å². The van der Waals surface area contributed by atoms with Gasteiger partial charge in [0, 0.05) is 13.0 Å². The Morgan fingerprint density at radius 2 is 1.89 bits per heavy atom. The number of hydrogen-bond donors (Lipinski definition) is 1. The molecular formula is C15H23NO3. The molecule has 1 N–H and O–H groups in total. The second-order valence-corrected chi connectivity index (χ2v) is 4.65. The van der Waals surface area contributed by atoms with Crippen molar-refractivity contribution in [3.63, 3.8) is 0 Å². The number of nitrogens with one attached hydrogen (secondary N) is 1. The highest BCUT2D eigenvalue weighted by Crippen LogP contribution is 2.34. The summed E-state index contributed by atoms with van der Waals surface area (Å²) in [5.41, 5.74) is 4.52. The first kappa shape index (κ1) is 15.3. The van der Waals surface area contributed by atoms with Crippen molar-refractivity contribution in [1.29, 1.82) is 0 Å². The minimum atomic E-state index is -0.175. The summed E-state index contributed by atoms with van der Waals surface area (Å²) >= 11 is 0. The molecule has 4 heteroatoms. The Morgan fingerprint density at radius 3 is 2.47 bits per heavy atom. The fourth-order valence-corrected chi connectivity index (χ4v) is 2.07. The number of aryl methyl sites for hydroxylation is 2. The van der Waals surface area contributed by atoms with Crippen LogP contribution in [0.2, 0.25) is 0 Å². The molecule has 19 heavy (non-hydrogen) atoms. The fraction of sp³-hybridized carbons (Fsp3) is 0.533. The zero-order chi connectivity index (χ0) is 14.4. The Balaban J connectivity index is 2.73. The van der Waals surface area contributed by atoms with Gasteiger partial charge in [0.15, 0.2) is 0 Å². The van der Waals surface area contributed by atoms with Crippen LogP contribution in [0.15, 0.2) is 6.07 Å². The lowest BCUT2D eigenvalue weighted by molar-refractivity contribution is -0.140. The average Bonchev–Trinajstić information content (AvgIpc) is 2.39. The van der Waals surface area contributed by atoms with E-state index in [2.05, 4.69) is 30.0 Å². The van der Waals surface area contributed by atoms with Gasteiger partial charge in [-0.2, -0.15) is 0 Å². The van der Waals surface area contributed by atoms with E-state index < -0.39 is 0 Å². The molecule has 0 aliphatic rings. The normalized spacial score (nSPS) is 10.2. The van der Waals surface area contributed by atoms with Gasteiger partial charge in [-0.25, -0.2) is 0 Å². The third kappa shape index (κ3) is 3.88. The van der Waals surface area contributed by atoms with Gasteiger partial charge in [0.1, 0.15) is 5.75 Å². The van der Waals surface area contributed by atoms with Gasteiger partial charge in [-0.05, 0) is 43.9 Å². The SMILES string of the molecule is COC(=O)CCCNc1c(C)cc(C)c(C)c1OC. The summed E-state index contributed by atoms with van der Waals surface area (Å²) in [5.74, 6) is 0.709. The van der Waals surface area contributed by atoms with Gasteiger partial charge in [-0.3, -0.25) is 4.79 Å². The molecule has 0 saturated heterocycles. The number of anilines is 1. The molecule has 1 aromatic rings. The third-order valence-corrected chi connectivity index (χ3v) is 3.28. The maximum Gasteiger partial charge on any atom is 0.305 e. The number of benzene rings is 1. The molecule has 0 unspecified atom stereocenters. The van der Waals surface area contributed by atoms with Crippen molar-refractivity contribution in [2.45, 2.75) is 33.6 Å². The van der Waals surface area contributed by atoms with Crippen LogP contribution in [0.1, 0.15) is 29.5 Å². The summed E-state index contributed by atoms with van der Waals surface area (Å²) in [4.78, 5) is 11.0. The van der Waals surface area contributed by atoms with Crippen LogP contribution in [-0.2, 0) is 9.53 Å². The lowest BCUT2D eigenvalue weighted by Gasteiger charge is -2.17. The van der Waals surface area contributed by atoms with Crippen LogP contribution < -0.4 is 10.1 Å². The van der Waals surface area contributed by atoms with E-state index in [1.807, 2.05) is 6.92 Å². The van der Waals surface area contributed by atoms with E-state index in [4.69, 9.17) is 4.74 Å². The van der Waals surface area contributed by atoms with Crippen LogP contribution in [0, 0.1) is 20.8 Å². The Morgan fingerprint density at radius 1 is 1.21 bits per heavy atom. The summed E-state index contributed by atoms with van der Waals surface area (Å²) < 4.78 is 10.1. The molecular weight excluding hydrogens is 242 g/mol. The largest absolute Gasteiger partial charge is 0.494 e. The molecule has 0 aliphatic heterocycles. The molecule has 0 atom stereocenters. The molecule has 0 fully saturated rings. The van der Waals surface area contributed by atoms with Gasteiger partial charge in [-0.15, -0.1) is 0 Å². The number of methoxy groups -OCH3 is 2. The molecule has 0 amide bonds. The predicted octanol–water partition coefficient (Wildman–Crippen LogP) is 2.99. The minimum Gasteiger partial charge on any atom is -0.494 e. The lowest BCUT2D eigenvalue weighted by Crippen LogP contribution is -2.09. The summed E-state index contributed by atoms with van der Waals surface area (Å²) in [7, 11) is 3.09. The van der Waals surface area contributed by atoms with E-state index in [-0.39, 0.29) is 5.97 Å². The molecule has 106 valence electrons. The number of ether oxygens (including phenoxy) is 2. The van der Waals surface area contributed by atoms with Gasteiger partial charge >= 0.3 is 5.97 Å². The zero-order valence-electron chi connectivity index (χ0n) is 12.4. The van der Waals surface area contributed by atoms with E-state index in [1.54, 1.807) is 7.11 Å². The molecule has 0 bridgehead atoms. The highest BCUT2D eigenvalue weighted by molar-refractivity contribution is 5.69. The molecule has 0 aromatic heterocycles. The fourth-order valence-electron chi connectivity index (χ4n) is 2.07. The van der Waals surface area contributed by atoms with Crippen LogP contribution in [-0.4, -0.2) is 26.7 Å². The summed E-state index contributed by atoms with van der Waals surface area (Å²) in [5, 5.41) is 3.35. The van der Waals surface area contributed by atoms with Crippen LogP contribution >= 0.6 is 0 Å². The van der Waals surface area contributed by atoms with Crippen LogP contribution in [0.3, 0.4) is 0 Å². The maximum absolute atomic E-state index is 11.0. The van der Waals surface area contributed by atoms with Gasteiger partial charge in [-0.1, -0.05) is 6.07 Å². The van der Waals surface area contributed by atoms with Crippen molar-refractivity contribution in [2.24, 2.45) is 0 Å². The number of carbonyl (C=O) groups excluding carboxylic acids is 1. The molecule has 0 radical (unpaired) electrons. The Bertz CT molecular complexity index is 455. The van der Waals surface area contributed by atoms with Crippen LogP contribution in [0.25, 0.3) is 0 Å². The molecule has 4 nitrogen and oxygen atoms in total. The first-order chi connectivity index (χ1) is 9.01. The monoisotopic (exact) mass is 265 g/mol. The van der Waals surface area contributed by atoms with Gasteiger partial charge < -0.3 is 14.8 Å². The van der Waals surface area contributed by atoms with Crippen molar-refractivity contribution in [1.82, 2.24) is 0 Å². The van der Waals surface area contributed by atoms with Crippen molar-refractivity contribution in [3.05, 3.63) is 22.8 Å². The topological polar surface area (TPSA) is 47.6 Å². The Kier molecular flexibility index (Phi) is 5.67. The second kappa shape index (κ2) is 7.02. The number of hydrogen-bond acceptors (Lipinski definition) is 4. The first-order valence-corrected chi connectivity index (χ1v) is 6.46. The van der Waals surface area contributed by atoms with Crippen molar-refractivity contribution in [3.8, 4) is 5.75 Å². The van der Waals surface area contributed by atoms with Gasteiger partial charge in [0.2, 0.25) is 0 Å². The average molecular weight is 265 g/mol. The molecule has 1 aromatic carbocycles. The highest BCUT2D eigenvalue weighted by Gasteiger charge is 2.11. The quantitative estimate of drug-likeness (QED) is 0.634.